The molecule has 1 amide bonds. The molecule has 3 nitrogen and oxygen atoms in total. The Balaban J connectivity index is 2.66. The smallest absolute Gasteiger partial charge is 0.241 e. The van der Waals surface area contributed by atoms with Gasteiger partial charge in [0.15, 0.2) is 0 Å². The summed E-state index contributed by atoms with van der Waals surface area (Å²) in [4.78, 5) is 14.5. The average molecular weight is 272 g/mol. The van der Waals surface area contributed by atoms with Crippen molar-refractivity contribution >= 4 is 17.7 Å². The van der Waals surface area contributed by atoms with Gasteiger partial charge in [0.2, 0.25) is 5.91 Å². The molecule has 18 heavy (non-hydrogen) atoms. The summed E-state index contributed by atoms with van der Waals surface area (Å²) in [6.45, 7) is 10.8. The third-order valence-electron chi connectivity index (χ3n) is 3.41. The fraction of sp³-hybridized carbons (Fsp3) is 0.929. The number of hydrogen-bond donors (Lipinski definition) is 1. The van der Waals surface area contributed by atoms with Gasteiger partial charge in [-0.15, -0.1) is 0 Å². The summed E-state index contributed by atoms with van der Waals surface area (Å²) in [5.41, 5.74) is 0. The normalized spacial score (nSPS) is 26.1. The van der Waals surface area contributed by atoms with Gasteiger partial charge in [0.05, 0.1) is 12.2 Å². The molecule has 0 radical (unpaired) electrons. The van der Waals surface area contributed by atoms with E-state index in [0.29, 0.717) is 17.9 Å². The molecule has 0 saturated carbocycles. The van der Waals surface area contributed by atoms with Crippen molar-refractivity contribution < 1.29 is 4.79 Å². The number of hydrogen-bond acceptors (Lipinski definition) is 3. The Morgan fingerprint density at radius 2 is 2.00 bits per heavy atom. The van der Waals surface area contributed by atoms with E-state index in [-0.39, 0.29) is 12.2 Å². The Hall–Kier alpha value is -0.220. The molecule has 1 rings (SSSR count). The second-order valence-corrected chi connectivity index (χ2v) is 6.85. The highest BCUT2D eigenvalue weighted by Crippen LogP contribution is 2.22. The summed E-state index contributed by atoms with van der Waals surface area (Å²) in [7, 11) is 0. The maximum absolute atomic E-state index is 12.5. The number of nitrogens with zero attached hydrogens (tertiary/aromatic N) is 1. The van der Waals surface area contributed by atoms with Crippen LogP contribution in [0.15, 0.2) is 0 Å². The lowest BCUT2D eigenvalue weighted by Gasteiger charge is -2.29. The van der Waals surface area contributed by atoms with Gasteiger partial charge in [-0.05, 0) is 31.4 Å². The van der Waals surface area contributed by atoms with Gasteiger partial charge in [0.1, 0.15) is 0 Å². The summed E-state index contributed by atoms with van der Waals surface area (Å²) >= 11 is 1.91. The molecule has 1 N–H and O–H groups in total. The maximum Gasteiger partial charge on any atom is 0.241 e. The number of carbonyl (C=O) groups excluding carboxylic acids is 1. The number of rotatable bonds is 7. The third kappa shape index (κ3) is 3.89. The molecule has 0 spiro atoms. The number of amides is 1. The van der Waals surface area contributed by atoms with Crippen LogP contribution in [0.25, 0.3) is 0 Å². The standard InChI is InChI=1S/C14H28N2OS/c1-6-13-15-12(8-10(3)4)14(17)16(13)11(5)9-18-7-2/h10-13,15H,6-9H2,1-5H3. The number of nitrogens with one attached hydrogen (secondary N) is 1. The minimum atomic E-state index is 0.0315. The van der Waals surface area contributed by atoms with Gasteiger partial charge in [-0.3, -0.25) is 10.1 Å². The molecule has 0 aromatic heterocycles. The predicted molar refractivity (Wildman–Crippen MR) is 79.8 cm³/mol. The first-order valence-corrected chi connectivity index (χ1v) is 8.32. The molecule has 3 atom stereocenters. The highest BCUT2D eigenvalue weighted by Gasteiger charge is 2.40. The van der Waals surface area contributed by atoms with Crippen LogP contribution in [-0.4, -0.2) is 40.6 Å². The van der Waals surface area contributed by atoms with Crippen molar-refractivity contribution in [3.8, 4) is 0 Å². The van der Waals surface area contributed by atoms with Crippen molar-refractivity contribution in [2.75, 3.05) is 11.5 Å². The van der Waals surface area contributed by atoms with Crippen LogP contribution in [-0.2, 0) is 4.79 Å². The molecule has 0 aliphatic carbocycles. The van der Waals surface area contributed by atoms with Crippen LogP contribution >= 0.6 is 11.8 Å². The molecule has 3 unspecified atom stereocenters. The summed E-state index contributed by atoms with van der Waals surface area (Å²) in [6, 6.07) is 0.362. The minimum Gasteiger partial charge on any atom is -0.322 e. The van der Waals surface area contributed by atoms with Crippen molar-refractivity contribution in [3.63, 3.8) is 0 Å². The zero-order valence-corrected chi connectivity index (χ0v) is 13.2. The van der Waals surface area contributed by atoms with Crippen LogP contribution in [0.4, 0.5) is 0 Å². The van der Waals surface area contributed by atoms with Crippen LogP contribution in [0.2, 0.25) is 0 Å². The molecule has 0 bridgehead atoms. The summed E-state index contributed by atoms with van der Waals surface area (Å²) in [5, 5.41) is 3.50. The van der Waals surface area contributed by atoms with E-state index in [2.05, 4.69) is 44.8 Å². The van der Waals surface area contributed by atoms with Gasteiger partial charge in [0, 0.05) is 11.8 Å². The van der Waals surface area contributed by atoms with Gasteiger partial charge in [-0.25, -0.2) is 0 Å². The van der Waals surface area contributed by atoms with E-state index < -0.39 is 0 Å². The largest absolute Gasteiger partial charge is 0.322 e. The lowest BCUT2D eigenvalue weighted by atomic mass is 10.0. The van der Waals surface area contributed by atoms with Crippen LogP contribution in [0.1, 0.15) is 47.5 Å². The highest BCUT2D eigenvalue weighted by molar-refractivity contribution is 7.99. The number of carbonyl (C=O) groups is 1. The van der Waals surface area contributed by atoms with Crippen molar-refractivity contribution in [1.82, 2.24) is 10.2 Å². The third-order valence-corrected chi connectivity index (χ3v) is 4.54. The van der Waals surface area contributed by atoms with E-state index in [9.17, 15) is 4.79 Å². The zero-order valence-electron chi connectivity index (χ0n) is 12.4. The van der Waals surface area contributed by atoms with Gasteiger partial charge in [-0.1, -0.05) is 27.7 Å². The molecule has 106 valence electrons. The minimum absolute atomic E-state index is 0.0315. The predicted octanol–water partition coefficient (Wildman–Crippen LogP) is 2.71. The lowest BCUT2D eigenvalue weighted by Crippen LogP contribution is -2.44. The molecular formula is C14H28N2OS. The summed E-state index contributed by atoms with van der Waals surface area (Å²) in [5.74, 6) is 3.02. The fourth-order valence-electron chi connectivity index (χ4n) is 2.57. The fourth-order valence-corrected chi connectivity index (χ4v) is 3.30. The Morgan fingerprint density at radius 1 is 1.33 bits per heavy atom. The second-order valence-electron chi connectivity index (χ2n) is 5.53. The summed E-state index contributed by atoms with van der Waals surface area (Å²) < 4.78 is 0. The van der Waals surface area contributed by atoms with Crippen LogP contribution in [0, 0.1) is 5.92 Å². The van der Waals surface area contributed by atoms with Crippen molar-refractivity contribution in [2.45, 2.75) is 65.7 Å². The van der Waals surface area contributed by atoms with E-state index in [1.165, 1.54) is 0 Å². The van der Waals surface area contributed by atoms with E-state index in [0.717, 1.165) is 24.3 Å². The Morgan fingerprint density at radius 3 is 2.50 bits per heavy atom. The van der Waals surface area contributed by atoms with Crippen LogP contribution in [0.3, 0.4) is 0 Å². The molecule has 1 aliphatic rings. The number of thioether (sulfide) groups is 1. The molecule has 1 aliphatic heterocycles. The van der Waals surface area contributed by atoms with E-state index in [1.807, 2.05) is 11.8 Å². The molecule has 1 saturated heterocycles. The molecule has 0 aromatic carbocycles. The first kappa shape index (κ1) is 15.8. The molecule has 1 heterocycles. The van der Waals surface area contributed by atoms with E-state index in [4.69, 9.17) is 0 Å². The molecule has 1 fully saturated rings. The molecular weight excluding hydrogens is 244 g/mol. The van der Waals surface area contributed by atoms with E-state index >= 15 is 0 Å². The molecule has 0 aromatic rings. The Kier molecular flexibility index (Phi) is 6.50. The quantitative estimate of drug-likeness (QED) is 0.773. The highest BCUT2D eigenvalue weighted by atomic mass is 32.2. The Labute approximate surface area is 116 Å². The molecule has 4 heteroatoms. The van der Waals surface area contributed by atoms with E-state index in [1.54, 1.807) is 0 Å². The zero-order chi connectivity index (χ0) is 13.7. The first-order valence-electron chi connectivity index (χ1n) is 7.17. The van der Waals surface area contributed by atoms with Crippen LogP contribution < -0.4 is 5.32 Å². The SMILES string of the molecule is CCSCC(C)N1C(=O)C(CC(C)C)NC1CC. The van der Waals surface area contributed by atoms with Crippen molar-refractivity contribution in [1.29, 1.82) is 0 Å². The maximum atomic E-state index is 12.5. The lowest BCUT2D eigenvalue weighted by molar-refractivity contribution is -0.131. The second kappa shape index (κ2) is 7.39. The Bertz CT molecular complexity index is 271. The van der Waals surface area contributed by atoms with Gasteiger partial charge in [0.25, 0.3) is 0 Å². The van der Waals surface area contributed by atoms with Gasteiger partial charge < -0.3 is 4.90 Å². The monoisotopic (exact) mass is 272 g/mol. The van der Waals surface area contributed by atoms with Gasteiger partial charge in [-0.2, -0.15) is 11.8 Å². The first-order chi connectivity index (χ1) is 8.51. The average Bonchev–Trinajstić information content (AvgIpc) is 2.62. The van der Waals surface area contributed by atoms with Gasteiger partial charge >= 0.3 is 0 Å². The van der Waals surface area contributed by atoms with Crippen molar-refractivity contribution in [3.05, 3.63) is 0 Å². The van der Waals surface area contributed by atoms with Crippen LogP contribution in [0.5, 0.6) is 0 Å². The van der Waals surface area contributed by atoms with Crippen molar-refractivity contribution in [2.24, 2.45) is 5.92 Å². The topological polar surface area (TPSA) is 32.3 Å². The summed E-state index contributed by atoms with van der Waals surface area (Å²) in [6.07, 6.45) is 2.16.